The van der Waals surface area contributed by atoms with E-state index in [1.165, 1.54) is 0 Å². The first-order chi connectivity index (χ1) is 16.0. The molecule has 2 aromatic carbocycles. The van der Waals surface area contributed by atoms with E-state index in [2.05, 4.69) is 22.2 Å². The van der Waals surface area contributed by atoms with Gasteiger partial charge in [-0.15, -0.1) is 0 Å². The first-order valence-electron chi connectivity index (χ1n) is 10.8. The Morgan fingerprint density at radius 3 is 2.85 bits per heavy atom. The molecule has 1 amide bonds. The number of aromatic amines is 1. The van der Waals surface area contributed by atoms with Gasteiger partial charge in [0, 0.05) is 44.3 Å². The van der Waals surface area contributed by atoms with Gasteiger partial charge in [0.05, 0.1) is 40.9 Å². The number of amides is 1. The van der Waals surface area contributed by atoms with Crippen molar-refractivity contribution in [1.29, 1.82) is 0 Å². The Hall–Kier alpha value is -3.98. The van der Waals surface area contributed by atoms with Crippen LogP contribution < -0.4 is 5.32 Å². The number of carbonyl (C=O) groups is 1. The molecule has 3 heterocycles. The standard InChI is InChI=1S/C24H25N7O2/c1-15(22-27-18-7-5-17(13-20(18)28-22)31-10-8-25-14-31)23-29-19-6-4-16(12-21(19)30(23)2)24(32)26-9-11-33-3/h4-8,10,12-15H,9,11H2,1-3H3,(H,26,32)(H,27,28). The molecule has 5 rings (SSSR count). The fourth-order valence-electron chi connectivity index (χ4n) is 4.02. The van der Waals surface area contributed by atoms with Crippen LogP contribution in [-0.2, 0) is 11.8 Å². The highest BCUT2D eigenvalue weighted by Gasteiger charge is 2.20. The zero-order chi connectivity index (χ0) is 22.9. The number of hydrogen-bond acceptors (Lipinski definition) is 5. The normalized spacial score (nSPS) is 12.5. The van der Waals surface area contributed by atoms with E-state index in [1.54, 1.807) is 25.7 Å². The van der Waals surface area contributed by atoms with Crippen LogP contribution in [0.4, 0.5) is 0 Å². The van der Waals surface area contributed by atoms with Crippen molar-refractivity contribution < 1.29 is 9.53 Å². The van der Waals surface area contributed by atoms with Crippen LogP contribution in [0.3, 0.4) is 0 Å². The second-order valence-electron chi connectivity index (χ2n) is 8.00. The molecule has 0 aliphatic rings. The molecular weight excluding hydrogens is 418 g/mol. The van der Waals surface area contributed by atoms with Gasteiger partial charge < -0.3 is 24.2 Å². The minimum Gasteiger partial charge on any atom is -0.383 e. The summed E-state index contributed by atoms with van der Waals surface area (Å²) in [5.41, 5.74) is 5.19. The molecule has 33 heavy (non-hydrogen) atoms. The number of aryl methyl sites for hydroxylation is 1. The monoisotopic (exact) mass is 443 g/mol. The van der Waals surface area contributed by atoms with Gasteiger partial charge in [0.25, 0.3) is 5.91 Å². The molecule has 1 atom stereocenters. The Balaban J connectivity index is 1.45. The number of hydrogen-bond donors (Lipinski definition) is 2. The number of H-pyrrole nitrogens is 1. The third-order valence-electron chi connectivity index (χ3n) is 5.85. The van der Waals surface area contributed by atoms with Crippen molar-refractivity contribution in [3.8, 4) is 5.69 Å². The van der Waals surface area contributed by atoms with Crippen LogP contribution >= 0.6 is 0 Å². The number of ether oxygens (including phenoxy) is 1. The number of aromatic nitrogens is 6. The summed E-state index contributed by atoms with van der Waals surface area (Å²) in [6, 6.07) is 11.6. The van der Waals surface area contributed by atoms with Crippen LogP contribution in [0.2, 0.25) is 0 Å². The maximum Gasteiger partial charge on any atom is 0.251 e. The number of rotatable bonds is 7. The van der Waals surface area contributed by atoms with E-state index in [0.717, 1.165) is 39.4 Å². The Morgan fingerprint density at radius 2 is 2.06 bits per heavy atom. The van der Waals surface area contributed by atoms with E-state index in [4.69, 9.17) is 14.7 Å². The lowest BCUT2D eigenvalue weighted by atomic mass is 10.1. The molecule has 2 N–H and O–H groups in total. The van der Waals surface area contributed by atoms with Crippen molar-refractivity contribution >= 4 is 28.0 Å². The number of methoxy groups -OCH3 is 1. The summed E-state index contributed by atoms with van der Waals surface area (Å²) in [7, 11) is 3.57. The summed E-state index contributed by atoms with van der Waals surface area (Å²) in [6.07, 6.45) is 5.43. The molecule has 1 unspecified atom stereocenters. The second-order valence-corrected chi connectivity index (χ2v) is 8.00. The van der Waals surface area contributed by atoms with Crippen LogP contribution in [0.15, 0.2) is 55.1 Å². The van der Waals surface area contributed by atoms with Gasteiger partial charge in [-0.2, -0.15) is 0 Å². The fraction of sp³-hybridized carbons (Fsp3) is 0.250. The van der Waals surface area contributed by atoms with Crippen LogP contribution in [0, 0.1) is 0 Å². The van der Waals surface area contributed by atoms with Crippen LogP contribution in [0.25, 0.3) is 27.8 Å². The number of fused-ring (bicyclic) bond motifs is 2. The molecule has 0 bridgehead atoms. The van der Waals surface area contributed by atoms with Gasteiger partial charge in [-0.3, -0.25) is 4.79 Å². The van der Waals surface area contributed by atoms with Gasteiger partial charge in [-0.25, -0.2) is 15.0 Å². The maximum absolute atomic E-state index is 12.4. The lowest BCUT2D eigenvalue weighted by molar-refractivity contribution is 0.0937. The summed E-state index contributed by atoms with van der Waals surface area (Å²) in [4.78, 5) is 29.6. The summed E-state index contributed by atoms with van der Waals surface area (Å²) in [5.74, 6) is 1.51. The Morgan fingerprint density at radius 1 is 1.18 bits per heavy atom. The van der Waals surface area contributed by atoms with E-state index in [0.29, 0.717) is 18.7 Å². The van der Waals surface area contributed by atoms with Gasteiger partial charge in [0.15, 0.2) is 0 Å². The predicted molar refractivity (Wildman–Crippen MR) is 126 cm³/mol. The van der Waals surface area contributed by atoms with E-state index in [9.17, 15) is 4.79 Å². The van der Waals surface area contributed by atoms with Crippen molar-refractivity contribution in [2.45, 2.75) is 12.8 Å². The Kier molecular flexibility index (Phi) is 5.39. The van der Waals surface area contributed by atoms with E-state index < -0.39 is 0 Å². The molecule has 0 aliphatic carbocycles. The lowest BCUT2D eigenvalue weighted by Crippen LogP contribution is -2.26. The van der Waals surface area contributed by atoms with Gasteiger partial charge >= 0.3 is 0 Å². The molecule has 168 valence electrons. The van der Waals surface area contributed by atoms with E-state index in [1.807, 2.05) is 52.7 Å². The largest absolute Gasteiger partial charge is 0.383 e. The summed E-state index contributed by atoms with van der Waals surface area (Å²) >= 11 is 0. The van der Waals surface area contributed by atoms with Gasteiger partial charge in [0.1, 0.15) is 11.6 Å². The highest BCUT2D eigenvalue weighted by Crippen LogP contribution is 2.27. The molecule has 5 aromatic rings. The first kappa shape index (κ1) is 20.9. The zero-order valence-corrected chi connectivity index (χ0v) is 18.7. The molecule has 0 spiro atoms. The minimum atomic E-state index is -0.129. The molecule has 0 saturated carbocycles. The van der Waals surface area contributed by atoms with Gasteiger partial charge in [-0.05, 0) is 43.3 Å². The first-order valence-corrected chi connectivity index (χ1v) is 10.8. The third kappa shape index (κ3) is 3.87. The third-order valence-corrected chi connectivity index (χ3v) is 5.85. The maximum atomic E-state index is 12.4. The van der Waals surface area contributed by atoms with Gasteiger partial charge in [0.2, 0.25) is 0 Å². The Labute approximate surface area is 190 Å². The van der Waals surface area contributed by atoms with Crippen molar-refractivity contribution in [3.05, 3.63) is 72.3 Å². The van der Waals surface area contributed by atoms with Crippen LogP contribution in [0.1, 0.15) is 34.8 Å². The molecule has 3 aromatic heterocycles. The molecular formula is C24H25N7O2. The highest BCUT2D eigenvalue weighted by atomic mass is 16.5. The van der Waals surface area contributed by atoms with Crippen molar-refractivity contribution in [3.63, 3.8) is 0 Å². The number of nitrogens with zero attached hydrogens (tertiary/aromatic N) is 5. The molecule has 9 nitrogen and oxygen atoms in total. The molecule has 0 saturated heterocycles. The van der Waals surface area contributed by atoms with Crippen LogP contribution in [-0.4, -0.2) is 55.2 Å². The number of imidazole rings is 3. The summed E-state index contributed by atoms with van der Waals surface area (Å²) < 4.78 is 8.97. The molecule has 9 heteroatoms. The van der Waals surface area contributed by atoms with Crippen molar-refractivity contribution in [1.82, 2.24) is 34.4 Å². The topological polar surface area (TPSA) is 103 Å². The van der Waals surface area contributed by atoms with E-state index >= 15 is 0 Å². The smallest absolute Gasteiger partial charge is 0.251 e. The second kappa shape index (κ2) is 8.51. The summed E-state index contributed by atoms with van der Waals surface area (Å²) in [5, 5.41) is 2.85. The molecule has 0 radical (unpaired) electrons. The molecule has 0 aliphatic heterocycles. The number of benzene rings is 2. The van der Waals surface area contributed by atoms with Gasteiger partial charge in [-0.1, -0.05) is 0 Å². The van der Waals surface area contributed by atoms with Crippen molar-refractivity contribution in [2.24, 2.45) is 7.05 Å². The predicted octanol–water partition coefficient (Wildman–Crippen LogP) is 3.16. The average molecular weight is 444 g/mol. The average Bonchev–Trinajstić information content (AvgIpc) is 3.57. The zero-order valence-electron chi connectivity index (χ0n) is 18.7. The fourth-order valence-corrected chi connectivity index (χ4v) is 4.02. The Bertz CT molecular complexity index is 1430. The summed E-state index contributed by atoms with van der Waals surface area (Å²) in [6.45, 7) is 3.02. The highest BCUT2D eigenvalue weighted by molar-refractivity contribution is 5.97. The minimum absolute atomic E-state index is 0.0644. The van der Waals surface area contributed by atoms with Crippen LogP contribution in [0.5, 0.6) is 0 Å². The van der Waals surface area contributed by atoms with E-state index in [-0.39, 0.29) is 11.8 Å². The number of nitrogens with one attached hydrogen (secondary N) is 2. The number of carbonyl (C=O) groups excluding carboxylic acids is 1. The quantitative estimate of drug-likeness (QED) is 0.376. The van der Waals surface area contributed by atoms with Crippen molar-refractivity contribution in [2.75, 3.05) is 20.3 Å². The molecule has 0 fully saturated rings. The lowest BCUT2D eigenvalue weighted by Gasteiger charge is -2.09. The SMILES string of the molecule is COCCNC(=O)c1ccc2nc(C(C)c3nc4cc(-n5ccnc5)ccc4[nH]3)n(C)c2c1.